The molecule has 0 aliphatic carbocycles. The van der Waals surface area contributed by atoms with Crippen molar-refractivity contribution in [1.82, 2.24) is 9.47 Å². The monoisotopic (exact) mass is 465 g/mol. The number of ether oxygens (including phenoxy) is 1. The van der Waals surface area contributed by atoms with Crippen molar-refractivity contribution in [3.05, 3.63) is 52.8 Å². The Morgan fingerprint density at radius 3 is 2.36 bits per heavy atom. The number of aromatic nitrogens is 1. The molecule has 0 unspecified atom stereocenters. The Bertz CT molecular complexity index is 1020. The van der Waals surface area contributed by atoms with Crippen LogP contribution in [0.1, 0.15) is 54.5 Å². The molecule has 2 amide bonds. The predicted molar refractivity (Wildman–Crippen MR) is 119 cm³/mol. The van der Waals surface area contributed by atoms with Crippen LogP contribution in [0.4, 0.5) is 18.9 Å². The first-order valence-corrected chi connectivity index (χ1v) is 10.9. The van der Waals surface area contributed by atoms with Gasteiger partial charge in [-0.3, -0.25) is 9.59 Å². The van der Waals surface area contributed by atoms with Crippen LogP contribution in [0.3, 0.4) is 0 Å². The van der Waals surface area contributed by atoms with E-state index in [4.69, 9.17) is 4.74 Å². The summed E-state index contributed by atoms with van der Waals surface area (Å²) >= 11 is 0. The number of halogens is 3. The first kappa shape index (κ1) is 24.8. The zero-order valence-electron chi connectivity index (χ0n) is 19.4. The zero-order valence-corrected chi connectivity index (χ0v) is 19.4. The standard InChI is InChI=1S/C24H30F3N3O3/c1-16-19(22(32)28-18-7-5-6-17(14-18)24(25,26)27)15-20(23(2,3)4)30(16)9-8-21(31)29-10-12-33-13-11-29/h5-7,14-15H,8-13H2,1-4H3,(H,28,32). The summed E-state index contributed by atoms with van der Waals surface area (Å²) in [4.78, 5) is 27.4. The minimum Gasteiger partial charge on any atom is -0.378 e. The molecule has 1 N–H and O–H groups in total. The highest BCUT2D eigenvalue weighted by Gasteiger charge is 2.31. The lowest BCUT2D eigenvalue weighted by atomic mass is 9.91. The summed E-state index contributed by atoms with van der Waals surface area (Å²) in [6.07, 6.45) is -4.21. The molecule has 1 aromatic heterocycles. The number of benzene rings is 1. The van der Waals surface area contributed by atoms with Crippen molar-refractivity contribution in [1.29, 1.82) is 0 Å². The van der Waals surface area contributed by atoms with Gasteiger partial charge in [0.25, 0.3) is 5.91 Å². The summed E-state index contributed by atoms with van der Waals surface area (Å²) in [6, 6.07) is 6.31. The van der Waals surface area contributed by atoms with Crippen LogP contribution < -0.4 is 5.32 Å². The van der Waals surface area contributed by atoms with Gasteiger partial charge >= 0.3 is 6.18 Å². The maximum absolute atomic E-state index is 13.0. The molecule has 9 heteroatoms. The number of carbonyl (C=O) groups excluding carboxylic acids is 2. The van der Waals surface area contributed by atoms with Gasteiger partial charge in [0.2, 0.25) is 5.91 Å². The van der Waals surface area contributed by atoms with Crippen LogP contribution in [-0.2, 0) is 27.7 Å². The van der Waals surface area contributed by atoms with E-state index in [1.807, 2.05) is 25.3 Å². The molecular formula is C24H30F3N3O3. The molecule has 1 aliphatic heterocycles. The number of hydrogen-bond acceptors (Lipinski definition) is 3. The van der Waals surface area contributed by atoms with Gasteiger partial charge in [-0.15, -0.1) is 0 Å². The molecule has 1 saturated heterocycles. The zero-order chi connectivity index (χ0) is 24.4. The molecule has 1 fully saturated rings. The maximum atomic E-state index is 13.0. The number of amides is 2. The molecule has 180 valence electrons. The molecule has 1 aliphatic rings. The van der Waals surface area contributed by atoms with Crippen molar-refractivity contribution in [3.8, 4) is 0 Å². The number of morpholine rings is 1. The summed E-state index contributed by atoms with van der Waals surface area (Å²) < 4.78 is 46.3. The van der Waals surface area contributed by atoms with E-state index in [0.29, 0.717) is 44.1 Å². The molecule has 33 heavy (non-hydrogen) atoms. The number of nitrogens with one attached hydrogen (secondary N) is 1. The van der Waals surface area contributed by atoms with Gasteiger partial charge < -0.3 is 19.5 Å². The van der Waals surface area contributed by atoms with Gasteiger partial charge in [-0.1, -0.05) is 26.8 Å². The second-order valence-corrected chi connectivity index (χ2v) is 9.21. The lowest BCUT2D eigenvalue weighted by molar-refractivity contribution is -0.137. The number of rotatable bonds is 5. The van der Waals surface area contributed by atoms with Crippen LogP contribution in [0.25, 0.3) is 0 Å². The number of carbonyl (C=O) groups is 2. The number of nitrogens with zero attached hydrogens (tertiary/aromatic N) is 2. The molecule has 0 radical (unpaired) electrons. The maximum Gasteiger partial charge on any atom is 0.416 e. The Kier molecular flexibility index (Phi) is 7.21. The highest BCUT2D eigenvalue weighted by atomic mass is 19.4. The van der Waals surface area contributed by atoms with Crippen molar-refractivity contribution in [3.63, 3.8) is 0 Å². The Hall–Kier alpha value is -2.81. The minimum atomic E-state index is -4.49. The fraction of sp³-hybridized carbons (Fsp3) is 0.500. The smallest absolute Gasteiger partial charge is 0.378 e. The van der Waals surface area contributed by atoms with E-state index in [9.17, 15) is 22.8 Å². The lowest BCUT2D eigenvalue weighted by Crippen LogP contribution is -2.41. The van der Waals surface area contributed by atoms with Crippen molar-refractivity contribution >= 4 is 17.5 Å². The Balaban J connectivity index is 1.82. The number of hydrogen-bond donors (Lipinski definition) is 1. The molecule has 2 heterocycles. The fourth-order valence-electron chi connectivity index (χ4n) is 3.93. The average molecular weight is 466 g/mol. The molecule has 0 bridgehead atoms. The largest absolute Gasteiger partial charge is 0.416 e. The van der Waals surface area contributed by atoms with Crippen molar-refractivity contribution in [2.24, 2.45) is 0 Å². The van der Waals surface area contributed by atoms with Gasteiger partial charge in [0.1, 0.15) is 0 Å². The van der Waals surface area contributed by atoms with Crippen molar-refractivity contribution in [2.75, 3.05) is 31.6 Å². The molecule has 1 aromatic carbocycles. The van der Waals surface area contributed by atoms with Gasteiger partial charge in [0.15, 0.2) is 0 Å². The molecule has 0 spiro atoms. The van der Waals surface area contributed by atoms with Gasteiger partial charge in [-0.2, -0.15) is 13.2 Å². The molecule has 3 rings (SSSR count). The molecule has 6 nitrogen and oxygen atoms in total. The molecule has 0 atom stereocenters. The molecule has 0 saturated carbocycles. The Morgan fingerprint density at radius 1 is 1.09 bits per heavy atom. The highest BCUT2D eigenvalue weighted by molar-refractivity contribution is 6.05. The van der Waals surface area contributed by atoms with Crippen molar-refractivity contribution in [2.45, 2.75) is 52.3 Å². The van der Waals surface area contributed by atoms with Crippen molar-refractivity contribution < 1.29 is 27.5 Å². The lowest BCUT2D eigenvalue weighted by Gasteiger charge is -2.28. The van der Waals surface area contributed by atoms with E-state index >= 15 is 0 Å². The Labute approximate surface area is 191 Å². The second kappa shape index (κ2) is 9.59. The van der Waals surface area contributed by atoms with E-state index in [1.165, 1.54) is 12.1 Å². The van der Waals surface area contributed by atoms with E-state index in [1.54, 1.807) is 17.9 Å². The van der Waals surface area contributed by atoms with Crippen LogP contribution in [0, 0.1) is 6.92 Å². The van der Waals surface area contributed by atoms with E-state index in [0.717, 1.165) is 17.8 Å². The van der Waals surface area contributed by atoms with Gasteiger partial charge in [0.05, 0.1) is 24.3 Å². The number of alkyl halides is 3. The van der Waals surface area contributed by atoms with E-state index in [2.05, 4.69) is 5.32 Å². The van der Waals surface area contributed by atoms with Crippen LogP contribution >= 0.6 is 0 Å². The summed E-state index contributed by atoms with van der Waals surface area (Å²) in [6.45, 7) is 10.4. The van der Waals surface area contributed by atoms with Crippen LogP contribution in [0.5, 0.6) is 0 Å². The topological polar surface area (TPSA) is 63.6 Å². The minimum absolute atomic E-state index is 0.0289. The fourth-order valence-corrected chi connectivity index (χ4v) is 3.93. The number of anilines is 1. The Morgan fingerprint density at radius 2 is 1.76 bits per heavy atom. The normalized spacial score (nSPS) is 14.9. The third-order valence-corrected chi connectivity index (χ3v) is 5.74. The SMILES string of the molecule is Cc1c(C(=O)Nc2cccc(C(F)(F)F)c2)cc(C(C)(C)C)n1CCC(=O)N1CCOCC1. The van der Waals surface area contributed by atoms with E-state index < -0.39 is 17.6 Å². The van der Waals surface area contributed by atoms with Crippen LogP contribution in [0.15, 0.2) is 30.3 Å². The van der Waals surface area contributed by atoms with Gasteiger partial charge in [-0.05, 0) is 31.2 Å². The summed E-state index contributed by atoms with van der Waals surface area (Å²) in [5.74, 6) is -0.461. The molecular weight excluding hydrogens is 435 g/mol. The summed E-state index contributed by atoms with van der Waals surface area (Å²) in [7, 11) is 0. The quantitative estimate of drug-likeness (QED) is 0.701. The van der Waals surface area contributed by atoms with E-state index in [-0.39, 0.29) is 23.4 Å². The highest BCUT2D eigenvalue weighted by Crippen LogP contribution is 2.32. The van der Waals surface area contributed by atoms with Crippen LogP contribution in [-0.4, -0.2) is 47.6 Å². The third-order valence-electron chi connectivity index (χ3n) is 5.74. The van der Waals surface area contributed by atoms with Crippen LogP contribution in [0.2, 0.25) is 0 Å². The summed E-state index contributed by atoms with van der Waals surface area (Å²) in [5.41, 5.74) is 0.856. The third kappa shape index (κ3) is 5.96. The average Bonchev–Trinajstić information content (AvgIpc) is 3.09. The second-order valence-electron chi connectivity index (χ2n) is 9.21. The molecule has 2 aromatic rings. The summed E-state index contributed by atoms with van der Waals surface area (Å²) in [5, 5.41) is 2.58. The van der Waals surface area contributed by atoms with Gasteiger partial charge in [-0.25, -0.2) is 0 Å². The first-order valence-electron chi connectivity index (χ1n) is 10.9. The van der Waals surface area contributed by atoms with Gasteiger partial charge in [0, 0.05) is 48.5 Å². The predicted octanol–water partition coefficient (Wildman–Crippen LogP) is 4.61. The first-order chi connectivity index (χ1) is 15.4.